The van der Waals surface area contributed by atoms with Crippen LogP contribution in [0.5, 0.6) is 0 Å². The summed E-state index contributed by atoms with van der Waals surface area (Å²) in [7, 11) is -11.5. The number of aliphatic hydroxyl groups is 26. The van der Waals surface area contributed by atoms with Crippen LogP contribution in [-0.2, 0) is 113 Å². The summed E-state index contributed by atoms with van der Waals surface area (Å²) in [5.74, 6) is -2.17. The van der Waals surface area contributed by atoms with Crippen LogP contribution in [0.3, 0.4) is 0 Å². The lowest BCUT2D eigenvalue weighted by molar-refractivity contribution is -0.401. The average molecular weight is 2060 g/mol. The van der Waals surface area contributed by atoms with E-state index in [4.69, 9.17) is 89.6 Å². The molecule has 2 unspecified atom stereocenters. The molecule has 806 valence electrons. The number of carbonyl (C=O) groups excluding carboxylic acids is 2. The highest BCUT2D eigenvalue weighted by Gasteiger charge is 2.62. The van der Waals surface area contributed by atoms with E-state index in [0.717, 1.165) is 57.9 Å². The number of allylic oxidation sites excluding steroid dienone is 8. The zero-order chi connectivity index (χ0) is 103. The number of aliphatic hydroxyl groups excluding tert-OH is 26. The molecule has 0 aliphatic carbocycles. The molecule has 9 aliphatic heterocycles. The Bertz CT molecular complexity index is 3960. The van der Waals surface area contributed by atoms with Crippen LogP contribution >= 0.6 is 15.6 Å². The first-order valence-corrected chi connectivity index (χ1v) is 48.7. The summed E-state index contributed by atoms with van der Waals surface area (Å²) in [5.41, 5.74) is 5.11. The molecule has 9 saturated heterocycles. The third-order valence-electron chi connectivity index (χ3n) is 25.1. The quantitative estimate of drug-likeness (QED) is 0.0199. The van der Waals surface area contributed by atoms with Gasteiger partial charge in [-0.25, -0.2) is 9.13 Å². The Kier molecular flexibility index (Phi) is 46.7. The van der Waals surface area contributed by atoms with E-state index in [2.05, 4.69) is 66.9 Å². The van der Waals surface area contributed by atoms with Gasteiger partial charge >= 0.3 is 15.6 Å². The summed E-state index contributed by atoms with van der Waals surface area (Å²) < 4.78 is 142. The molecular weight excluding hydrogens is 1920 g/mol. The first-order chi connectivity index (χ1) is 65.6. The maximum absolute atomic E-state index is 13.7. The summed E-state index contributed by atoms with van der Waals surface area (Å²) in [6.07, 6.45) is -78.9. The zero-order valence-electron chi connectivity index (χ0n) is 77.5. The summed E-state index contributed by atoms with van der Waals surface area (Å²) in [6.45, 7) is 3.18. The average Bonchev–Trinajstić information content (AvgIpc) is 0.835. The standard InChI is InChI=1S/C83H142N2O52P2/c1-32(2)13-9-14-33(3)15-10-16-34(4)17-11-18-35(5)19-12-20-36(6)21-22-120-138(114,115)137-139(116,117)136-76-49(85-38(8)94)58(103)69(45(29-92)127-76)130-75-48(84-37(7)93)57(102)70(44(28-91)126-75)131-81-68(113)72(133-83-74(63(108)54(99)43(27-90)125-83)135-80-66(111)61(106)52(97)41(25-88)123-80)56(101)47(129-81)31-119-78-67(112)71(55(100)46(128-78)30-118-77-64(109)59(104)50(95)39(23-86)121-77)132-82-73(62(107)53(98)42(26-89)124-82)134-79-65(110)60(105)51(96)40(24-87)122-79/h13,15,17,19,36,39-83,86-92,95-113H,9-12,14,16,18,20-31H2,1-8H3,(H,84,93)(H,85,94)(H,114,115)(H,116,117)/b33-15+,34-17+,35-19-/t36-,39+,40+,41+,42+,43+,44+,45+,46+,47+,48+,49+,50+,51+,52+,53+,54+,55+,56+,57+,58+,59-,60-,61-,62-,63-,64-,65-,66-,67-,68-,69+,70+,71-,72-,73-,74-,75-,76+,77-,78-,79+,80+,81-,82+,83+/m0/s1. The Morgan fingerprint density at radius 3 is 1.01 bits per heavy atom. The number of phosphoric ester groups is 2. The molecular formula is C83H142N2O52P2. The molecule has 0 spiro atoms. The highest BCUT2D eigenvalue weighted by molar-refractivity contribution is 7.61. The van der Waals surface area contributed by atoms with Crippen molar-refractivity contribution in [1.82, 2.24) is 10.6 Å². The second-order valence-corrected chi connectivity index (χ2v) is 39.2. The number of amides is 2. The summed E-state index contributed by atoms with van der Waals surface area (Å²) >= 11 is 0. The van der Waals surface area contributed by atoms with E-state index in [-0.39, 0.29) is 12.3 Å². The largest absolute Gasteiger partial charge is 0.483 e. The van der Waals surface area contributed by atoms with Crippen LogP contribution in [-0.4, -0.2) is 497 Å². The first kappa shape index (κ1) is 119. The van der Waals surface area contributed by atoms with E-state index in [0.29, 0.717) is 12.8 Å². The van der Waals surface area contributed by atoms with Crippen LogP contribution in [0, 0.1) is 5.92 Å². The van der Waals surface area contributed by atoms with Gasteiger partial charge in [-0.05, 0) is 98.3 Å². The van der Waals surface area contributed by atoms with Crippen molar-refractivity contribution in [2.75, 3.05) is 66.1 Å². The second-order valence-electron chi connectivity index (χ2n) is 36.2. The highest BCUT2D eigenvalue weighted by atomic mass is 31.3. The Hall–Kier alpha value is -3.56. The van der Waals surface area contributed by atoms with E-state index in [9.17, 15) is 161 Å². The van der Waals surface area contributed by atoms with Crippen molar-refractivity contribution in [3.63, 3.8) is 0 Å². The minimum absolute atomic E-state index is 0.109. The zero-order valence-corrected chi connectivity index (χ0v) is 79.3. The highest BCUT2D eigenvalue weighted by Crippen LogP contribution is 2.62. The smallest absolute Gasteiger partial charge is 0.394 e. The molecule has 9 heterocycles. The van der Waals surface area contributed by atoms with E-state index >= 15 is 0 Å². The van der Waals surface area contributed by atoms with Gasteiger partial charge in [0.05, 0.1) is 66.1 Å². The Labute approximate surface area is 798 Å². The third-order valence-corrected chi connectivity index (χ3v) is 27.8. The van der Waals surface area contributed by atoms with Crippen molar-refractivity contribution >= 4 is 27.5 Å². The van der Waals surface area contributed by atoms with Crippen molar-refractivity contribution in [1.29, 1.82) is 0 Å². The number of hydrogen-bond donors (Lipinski definition) is 30. The minimum Gasteiger partial charge on any atom is -0.394 e. The van der Waals surface area contributed by atoms with Gasteiger partial charge in [0, 0.05) is 13.8 Å². The minimum atomic E-state index is -5.94. The van der Waals surface area contributed by atoms with E-state index in [1.807, 2.05) is 13.8 Å². The number of hydrogen-bond acceptors (Lipinski definition) is 50. The summed E-state index contributed by atoms with van der Waals surface area (Å²) in [4.78, 5) is 47.9. The lowest BCUT2D eigenvalue weighted by atomic mass is 9.94. The number of rotatable bonds is 47. The van der Waals surface area contributed by atoms with Crippen LogP contribution in [0.15, 0.2) is 46.6 Å². The van der Waals surface area contributed by atoms with Gasteiger partial charge in [-0.15, -0.1) is 0 Å². The fourth-order valence-electron chi connectivity index (χ4n) is 17.0. The molecule has 54 nitrogen and oxygen atoms in total. The molecule has 0 bridgehead atoms. The predicted molar refractivity (Wildman–Crippen MR) is 457 cm³/mol. The van der Waals surface area contributed by atoms with Gasteiger partial charge in [0.15, 0.2) is 56.6 Å². The van der Waals surface area contributed by atoms with Crippen LogP contribution in [0.1, 0.15) is 113 Å². The predicted octanol–water partition coefficient (Wildman–Crippen LogP) is -11.1. The van der Waals surface area contributed by atoms with Crippen LogP contribution < -0.4 is 10.6 Å². The number of phosphoric acid groups is 2. The Morgan fingerprint density at radius 1 is 0.309 bits per heavy atom. The Morgan fingerprint density at radius 2 is 0.612 bits per heavy atom. The molecule has 30 N–H and O–H groups in total. The molecule has 2 amide bonds. The molecule has 0 aromatic heterocycles. The van der Waals surface area contributed by atoms with E-state index in [1.54, 1.807) is 0 Å². The molecule has 48 atom stereocenters. The SMILES string of the molecule is CC(=O)N[C@H]1[C@H](O[C@H]2[C@H](O)[C@@H](NC(C)=O)[C@@H](OP(=O)(O)OP(=O)(O)OCC[C@@H](C)CC/C=C(/C)CC/C=C(\C)CC/C=C(\C)CCC=C(C)C)O[C@@H]2CO)O[C@H](CO)[C@@H](O[C@@H]2O[C@H](CO[C@H]3O[C@H](CO[C@H]4O[C@H](CO)[C@@H](O)[C@H](O)[C@@H]4O)[C@@H](O)[C@H](O[C@H]4O[C@H](CO)[C@@H](O)[C@H](O)[C@@H]4O[C@H]4O[C@H](CO)[C@@H](O)[C@H](O)[C@@H]4O)[C@@H]3O)[C@@H](O)[C@H](O[C@H]3O[C@H](CO)[C@@H](O)[C@H](O)[C@@H]3O[C@H]3O[C@H](CO)[C@@H](O)[C@H](O)[C@@H]3O)[C@@H]2O)[C@@H]1O. The molecule has 9 fully saturated rings. The molecule has 0 saturated carbocycles. The van der Waals surface area contributed by atoms with Crippen LogP contribution in [0.2, 0.25) is 0 Å². The monoisotopic (exact) mass is 2060 g/mol. The van der Waals surface area contributed by atoms with Gasteiger partial charge in [-0.1, -0.05) is 53.5 Å². The molecule has 0 aromatic carbocycles. The third kappa shape index (κ3) is 31.3. The Balaban J connectivity index is 0.958. The number of carbonyl (C=O) groups is 2. The molecule has 56 heteroatoms. The van der Waals surface area contributed by atoms with Gasteiger partial charge in [0.2, 0.25) is 11.8 Å². The molecule has 0 radical (unpaired) electrons. The van der Waals surface area contributed by atoms with Gasteiger partial charge in [-0.2, -0.15) is 4.31 Å². The topological polar surface area (TPSA) is 843 Å². The second kappa shape index (κ2) is 54.6. The molecule has 9 rings (SSSR count). The van der Waals surface area contributed by atoms with Crippen LogP contribution in [0.25, 0.3) is 0 Å². The summed E-state index contributed by atoms with van der Waals surface area (Å²) in [5, 5.41) is 295. The van der Waals surface area contributed by atoms with Crippen molar-refractivity contribution in [3.05, 3.63) is 46.6 Å². The van der Waals surface area contributed by atoms with Crippen molar-refractivity contribution < 1.29 is 255 Å². The normalized spacial score (nSPS) is 43.4. The van der Waals surface area contributed by atoms with Gasteiger partial charge < -0.3 is 234 Å². The number of nitrogens with one attached hydrogen (secondary N) is 2. The molecule has 0 aromatic rings. The lowest BCUT2D eigenvalue weighted by Gasteiger charge is -2.51. The lowest BCUT2D eigenvalue weighted by Crippen LogP contribution is -2.70. The fourth-order valence-corrected chi connectivity index (χ4v) is 19.2. The van der Waals surface area contributed by atoms with Crippen molar-refractivity contribution in [3.8, 4) is 0 Å². The molecule has 9 aliphatic rings. The fraction of sp³-hybridized carbons (Fsp3) is 0.880. The van der Waals surface area contributed by atoms with Gasteiger partial charge in [0.1, 0.15) is 220 Å². The van der Waals surface area contributed by atoms with Crippen molar-refractivity contribution in [2.45, 2.75) is 389 Å². The van der Waals surface area contributed by atoms with E-state index in [1.165, 1.54) is 16.7 Å². The van der Waals surface area contributed by atoms with Crippen molar-refractivity contribution in [2.24, 2.45) is 5.92 Å². The maximum Gasteiger partial charge on any atom is 0.483 e. The first-order valence-electron chi connectivity index (χ1n) is 45.7. The van der Waals surface area contributed by atoms with Gasteiger partial charge in [-0.3, -0.25) is 18.6 Å². The maximum atomic E-state index is 13.7. The van der Waals surface area contributed by atoms with Crippen LogP contribution in [0.4, 0.5) is 0 Å². The van der Waals surface area contributed by atoms with E-state index < -0.39 is 370 Å². The summed E-state index contributed by atoms with van der Waals surface area (Å²) in [6, 6.07) is -4.21. The van der Waals surface area contributed by atoms with Gasteiger partial charge in [0.25, 0.3) is 0 Å². The number of ether oxygens (including phenoxy) is 17. The molecule has 139 heavy (non-hydrogen) atoms.